The van der Waals surface area contributed by atoms with E-state index < -0.39 is 188 Å². The number of phosphoric acid groups is 24. The molecule has 0 rings (SSSR count). The Morgan fingerprint density at radius 1 is 0.111 bits per heavy atom. The van der Waals surface area contributed by atoms with Crippen molar-refractivity contribution in [3.8, 4) is 0 Å². The van der Waals surface area contributed by atoms with Crippen LogP contribution >= 0.6 is 188 Å². The Kier molecular flexibility index (Phi) is 70.0. The zero-order chi connectivity index (χ0) is 87.3. The van der Waals surface area contributed by atoms with Crippen LogP contribution < -0.4 is 39.1 Å². The summed E-state index contributed by atoms with van der Waals surface area (Å²) in [6.07, 6.45) is 0. The van der Waals surface area contributed by atoms with Gasteiger partial charge in [-0.1, -0.05) is 0 Å². The summed E-state index contributed by atoms with van der Waals surface area (Å²) in [7, 11) is -132. The van der Waals surface area contributed by atoms with Crippen LogP contribution in [0.3, 0.4) is 0 Å². The molecule has 0 aromatic heterocycles. The molecule has 0 bridgehead atoms. The zero-order valence-corrected chi connectivity index (χ0v) is 77.8. The van der Waals surface area contributed by atoms with Crippen molar-refractivity contribution in [1.29, 1.82) is 0 Å². The first-order valence-corrected chi connectivity index (χ1v) is 54.3. The number of hydrogen-bond acceptors (Lipinski definition) is 48. The summed E-state index contributed by atoms with van der Waals surface area (Å²) >= 11 is 0. The Hall–Kier alpha value is 8.32. The molecule has 80 nitrogen and oxygen atoms in total. The van der Waals surface area contributed by atoms with Crippen molar-refractivity contribution in [2.24, 2.45) is 0 Å². The summed E-state index contributed by atoms with van der Waals surface area (Å²) in [5.41, 5.74) is 0. The van der Waals surface area contributed by atoms with Crippen LogP contribution in [0.25, 0.3) is 0 Å². The third kappa shape index (κ3) is 135. The summed E-state index contributed by atoms with van der Waals surface area (Å²) < 4.78 is 288. The molecule has 0 aromatic carbocycles. The maximum atomic E-state index is 10.3. The SMILES string of the molecule is O=P(O)(O)OP(=O)([O-])OP(=O)(O)O.O=P(O)(O)OP(=O)([O-])OP(=O)(O)O.O=P(O)(O)OP(=O)([O-])OP(=O)(O)O.O=P(O)(O)OP(=O)([O-])OP(=O)(O)O.O=P(O)(O)OP(=O)([O-])OP(=O)(O)O.O=P(O)(O)OP(=O)([O-])OP(=O)(O)O.O=P(O)(O)OP(=O)([O-])OP(=O)(O)O.O=P(O)(O)OP(=O)([O-])OP(=O)(O)O.[Ca+2].[Ca+2].[Ca+2].[Ca+2]. The van der Waals surface area contributed by atoms with Gasteiger partial charge < -0.3 is 196 Å². The van der Waals surface area contributed by atoms with Gasteiger partial charge in [0.15, 0.2) is 0 Å². The molecule has 640 valence electrons. The Bertz CT molecular complexity index is 2970. The van der Waals surface area contributed by atoms with Gasteiger partial charge in [-0.15, -0.1) is 0 Å². The smallest absolute Gasteiger partial charge is 0.756 e. The van der Waals surface area contributed by atoms with Gasteiger partial charge in [-0.3, -0.25) is 36.5 Å². The maximum absolute atomic E-state index is 10.3. The van der Waals surface area contributed by atoms with E-state index in [0.717, 1.165) is 0 Å². The molecule has 0 aliphatic carbocycles. The fraction of sp³-hybridized carbons (Fsp3) is 0. The van der Waals surface area contributed by atoms with E-state index in [9.17, 15) is 149 Å². The number of rotatable bonds is 32. The summed E-state index contributed by atoms with van der Waals surface area (Å²) in [5.74, 6) is 0. The van der Waals surface area contributed by atoms with E-state index >= 15 is 0 Å². The molecular weight excluding hydrogens is 2180 g/mol. The van der Waals surface area contributed by atoms with Crippen LogP contribution in [0.2, 0.25) is 0 Å². The summed E-state index contributed by atoms with van der Waals surface area (Å²) in [6, 6.07) is 0. The standard InChI is InChI=1S/4Ca.8H5O10P3/c;;;;8*1-11(2,3)9-13(7,8)10-12(4,5)6/h;;;;8*(H,7,8)(H2,1,2,3)(H2,4,5,6)/q4*+2;;;;;;;;/p-8. The quantitative estimate of drug-likeness (QED) is 0.0220. The summed E-state index contributed by atoms with van der Waals surface area (Å²) in [4.78, 5) is 336. The minimum atomic E-state index is -5.71. The largest absolute Gasteiger partial charge is 2.00 e. The van der Waals surface area contributed by atoms with Crippen molar-refractivity contribution < 1.29 is 374 Å². The van der Waals surface area contributed by atoms with Crippen molar-refractivity contribution in [3.05, 3.63) is 0 Å². The molecule has 0 aliphatic heterocycles. The van der Waals surface area contributed by atoms with E-state index in [1.165, 1.54) is 0 Å². The predicted octanol–water partition coefficient (Wildman–Crippen LogP) is -12.1. The Labute approximate surface area is 705 Å². The van der Waals surface area contributed by atoms with Gasteiger partial charge in [0.05, 0.1) is 0 Å². The Morgan fingerprint density at radius 3 is 0.157 bits per heavy atom. The molecule has 0 saturated carbocycles. The van der Waals surface area contributed by atoms with Crippen LogP contribution in [0.4, 0.5) is 0 Å². The van der Waals surface area contributed by atoms with E-state index in [2.05, 4.69) is 69.0 Å². The average molecular weight is 2220 g/mol. The fourth-order valence-electron chi connectivity index (χ4n) is 2.20. The van der Waals surface area contributed by atoms with Crippen molar-refractivity contribution in [2.75, 3.05) is 0 Å². The molecule has 0 fully saturated rings. The molecule has 108 heavy (non-hydrogen) atoms. The van der Waals surface area contributed by atoms with Crippen LogP contribution in [0.15, 0.2) is 0 Å². The second-order valence-electron chi connectivity index (χ2n) is 12.7. The van der Waals surface area contributed by atoms with Crippen LogP contribution in [-0.4, -0.2) is 308 Å². The molecule has 0 unspecified atom stereocenters. The molecule has 0 atom stereocenters. The molecule has 0 amide bonds. The van der Waals surface area contributed by atoms with Crippen LogP contribution in [0.1, 0.15) is 0 Å². The van der Waals surface area contributed by atoms with E-state index in [0.29, 0.717) is 0 Å². The van der Waals surface area contributed by atoms with Gasteiger partial charge in [0.2, 0.25) is 0 Å². The molecule has 108 heteroatoms. The first-order chi connectivity index (χ1) is 43.3. The van der Waals surface area contributed by atoms with Gasteiger partial charge >= 0.3 is 276 Å². The van der Waals surface area contributed by atoms with Crippen LogP contribution in [0, 0.1) is 0 Å². The van der Waals surface area contributed by atoms with Gasteiger partial charge in [0, 0.05) is 0 Å². The second-order valence-corrected chi connectivity index (χ2v) is 46.0. The van der Waals surface area contributed by atoms with Gasteiger partial charge in [-0.25, -0.2) is 142 Å². The van der Waals surface area contributed by atoms with E-state index in [-0.39, 0.29) is 151 Å². The minimum Gasteiger partial charge on any atom is -0.756 e. The second kappa shape index (κ2) is 53.2. The van der Waals surface area contributed by atoms with E-state index in [1.54, 1.807) is 0 Å². The first-order valence-electron chi connectivity index (χ1n) is 18.1. The average Bonchev–Trinajstić information content (AvgIpc) is 3.02. The molecule has 0 aliphatic rings. The van der Waals surface area contributed by atoms with Crippen molar-refractivity contribution in [1.82, 2.24) is 0 Å². The Morgan fingerprint density at radius 2 is 0.139 bits per heavy atom. The van der Waals surface area contributed by atoms with E-state index in [1.807, 2.05) is 0 Å². The number of hydrogen-bond donors (Lipinski definition) is 32. The molecule has 0 spiro atoms. The van der Waals surface area contributed by atoms with Gasteiger partial charge in [0.1, 0.15) is 0 Å². The van der Waals surface area contributed by atoms with Crippen LogP contribution in [0.5, 0.6) is 0 Å². The third-order valence-electron chi connectivity index (χ3n) is 3.30. The first kappa shape index (κ1) is 142. The zero-order valence-electron chi connectivity index (χ0n) is 47.5. The predicted molar refractivity (Wildman–Crippen MR) is 294 cm³/mol. The van der Waals surface area contributed by atoms with Crippen molar-refractivity contribution in [3.63, 3.8) is 0 Å². The summed E-state index contributed by atoms with van der Waals surface area (Å²) in [6.45, 7) is 0. The molecule has 0 saturated heterocycles. The molecule has 32 N–H and O–H groups in total. The summed E-state index contributed by atoms with van der Waals surface area (Å²) in [5, 5.41) is 0. The van der Waals surface area contributed by atoms with Gasteiger partial charge in [0.25, 0.3) is 62.6 Å². The van der Waals surface area contributed by atoms with Crippen LogP contribution in [-0.2, 0) is 179 Å². The molecule has 0 radical (unpaired) electrons. The van der Waals surface area contributed by atoms with Gasteiger partial charge in [-0.2, -0.15) is 0 Å². The maximum Gasteiger partial charge on any atom is 2.00 e. The van der Waals surface area contributed by atoms with Crippen molar-refractivity contribution in [2.45, 2.75) is 0 Å². The normalized spacial score (nSPS) is 14.0. The molecule has 0 aromatic rings. The minimum absolute atomic E-state index is 0. The fourth-order valence-corrected chi connectivity index (χ4v) is 22.0. The van der Waals surface area contributed by atoms with Crippen molar-refractivity contribution >= 4 is 339 Å². The third-order valence-corrected chi connectivity index (χ3v) is 29.7. The monoisotopic (exact) mass is 2220 g/mol. The topological polar surface area (TPSA) is 1390 Å². The molecular formula is H32Ca4O80P24. The Balaban J connectivity index is -0.0000000970. The van der Waals surface area contributed by atoms with Gasteiger partial charge in [-0.05, 0) is 0 Å². The van der Waals surface area contributed by atoms with E-state index in [4.69, 9.17) is 157 Å². The molecule has 0 heterocycles.